The third-order valence-electron chi connectivity index (χ3n) is 0.963. The molecule has 0 aromatic carbocycles. The zero-order valence-corrected chi connectivity index (χ0v) is 6.88. The van der Waals surface area contributed by atoms with Gasteiger partial charge in [-0.25, -0.2) is 0 Å². The number of hydrogen-bond acceptors (Lipinski definition) is 3. The van der Waals surface area contributed by atoms with Gasteiger partial charge in [-0.1, -0.05) is 0 Å². The molecule has 0 aliphatic carbocycles. The van der Waals surface area contributed by atoms with E-state index in [1.54, 1.807) is 0 Å². The van der Waals surface area contributed by atoms with Gasteiger partial charge in [-0.3, -0.25) is 0 Å². The van der Waals surface area contributed by atoms with Crippen molar-refractivity contribution in [2.24, 2.45) is 0 Å². The standard InChI is InChI=1S/C5H13NO2.CHF3/c1-6(2-4-7)3-5-8;2-1(3)4/h7-8H,2-5H2,1H3;1H. The highest BCUT2D eigenvalue weighted by Gasteiger charge is 1.91. The minimum Gasteiger partial charge on any atom is -0.395 e. The van der Waals surface area contributed by atoms with Crippen molar-refractivity contribution in [2.75, 3.05) is 33.4 Å². The number of likely N-dealkylation sites (N-methyl/N-ethyl adjacent to an activating group) is 1. The van der Waals surface area contributed by atoms with E-state index in [9.17, 15) is 13.2 Å². The first-order chi connectivity index (χ1) is 5.54. The quantitative estimate of drug-likeness (QED) is 0.658. The van der Waals surface area contributed by atoms with Gasteiger partial charge < -0.3 is 15.1 Å². The van der Waals surface area contributed by atoms with E-state index < -0.39 is 6.68 Å². The van der Waals surface area contributed by atoms with Crippen LogP contribution in [-0.4, -0.2) is 55.1 Å². The average Bonchev–Trinajstić information content (AvgIpc) is 1.87. The van der Waals surface area contributed by atoms with Crippen LogP contribution in [-0.2, 0) is 0 Å². The van der Waals surface area contributed by atoms with Crippen LogP contribution in [0.4, 0.5) is 13.2 Å². The maximum Gasteiger partial charge on any atom is 0.379 e. The van der Waals surface area contributed by atoms with Crippen LogP contribution in [0, 0.1) is 0 Å². The first-order valence-electron chi connectivity index (χ1n) is 3.37. The first-order valence-corrected chi connectivity index (χ1v) is 3.37. The van der Waals surface area contributed by atoms with E-state index in [2.05, 4.69) is 0 Å². The Morgan fingerprint density at radius 2 is 1.33 bits per heavy atom. The van der Waals surface area contributed by atoms with Crippen molar-refractivity contribution in [3.8, 4) is 0 Å². The number of halogens is 3. The summed E-state index contributed by atoms with van der Waals surface area (Å²) < 4.78 is 29.0. The minimum absolute atomic E-state index is 0.163. The van der Waals surface area contributed by atoms with Gasteiger partial charge in [-0.15, -0.1) is 0 Å². The van der Waals surface area contributed by atoms with E-state index in [1.807, 2.05) is 11.9 Å². The van der Waals surface area contributed by atoms with Crippen LogP contribution >= 0.6 is 0 Å². The van der Waals surface area contributed by atoms with E-state index in [-0.39, 0.29) is 13.2 Å². The van der Waals surface area contributed by atoms with E-state index in [0.717, 1.165) is 0 Å². The summed E-state index contributed by atoms with van der Waals surface area (Å²) in [5.74, 6) is 0. The Morgan fingerprint density at radius 3 is 1.50 bits per heavy atom. The maximum absolute atomic E-state index is 9.67. The van der Waals surface area contributed by atoms with E-state index in [0.29, 0.717) is 13.1 Å². The third-order valence-corrected chi connectivity index (χ3v) is 0.963. The van der Waals surface area contributed by atoms with E-state index in [1.165, 1.54) is 0 Å². The number of hydrogen-bond donors (Lipinski definition) is 2. The van der Waals surface area contributed by atoms with Gasteiger partial charge in [0.15, 0.2) is 0 Å². The van der Waals surface area contributed by atoms with Gasteiger partial charge >= 0.3 is 6.68 Å². The molecule has 6 heteroatoms. The number of alkyl halides is 3. The zero-order valence-electron chi connectivity index (χ0n) is 6.88. The fourth-order valence-corrected chi connectivity index (χ4v) is 0.453. The van der Waals surface area contributed by atoms with Gasteiger partial charge in [-0.2, -0.15) is 13.2 Å². The highest BCUT2D eigenvalue weighted by molar-refractivity contribution is 4.45. The van der Waals surface area contributed by atoms with E-state index in [4.69, 9.17) is 10.2 Å². The SMILES string of the molecule is CN(CCO)CCO.FC(F)F. The molecule has 0 aromatic heterocycles. The van der Waals surface area contributed by atoms with Crippen LogP contribution in [0.3, 0.4) is 0 Å². The van der Waals surface area contributed by atoms with Gasteiger partial charge in [0.2, 0.25) is 0 Å². The largest absolute Gasteiger partial charge is 0.395 e. The molecule has 0 aliphatic heterocycles. The van der Waals surface area contributed by atoms with Crippen LogP contribution in [0.5, 0.6) is 0 Å². The molecule has 3 nitrogen and oxygen atoms in total. The zero-order chi connectivity index (χ0) is 9.98. The Balaban J connectivity index is 0. The molecule has 0 aromatic rings. The summed E-state index contributed by atoms with van der Waals surface area (Å²) >= 11 is 0. The Kier molecular flexibility index (Phi) is 12.6. The minimum atomic E-state index is -3.67. The first kappa shape index (κ1) is 14.2. The molecule has 2 N–H and O–H groups in total. The second-order valence-electron chi connectivity index (χ2n) is 2.00. The van der Waals surface area contributed by atoms with Crippen molar-refractivity contribution in [3.05, 3.63) is 0 Å². The highest BCUT2D eigenvalue weighted by Crippen LogP contribution is 1.87. The number of rotatable bonds is 4. The summed E-state index contributed by atoms with van der Waals surface area (Å²) in [7, 11) is 1.85. The number of aliphatic hydroxyl groups excluding tert-OH is 2. The average molecular weight is 189 g/mol. The topological polar surface area (TPSA) is 43.7 Å². The van der Waals surface area contributed by atoms with E-state index >= 15 is 0 Å². The molecule has 0 atom stereocenters. The molecule has 0 radical (unpaired) electrons. The van der Waals surface area contributed by atoms with Gasteiger partial charge in [0.05, 0.1) is 13.2 Å². The summed E-state index contributed by atoms with van der Waals surface area (Å²) in [5, 5.41) is 16.7. The van der Waals surface area contributed by atoms with Crippen LogP contribution in [0.1, 0.15) is 0 Å². The van der Waals surface area contributed by atoms with Crippen LogP contribution in [0.2, 0.25) is 0 Å². The molecule has 0 saturated carbocycles. The predicted octanol–water partition coefficient (Wildman–Crippen LogP) is 0.0813. The monoisotopic (exact) mass is 189 g/mol. The van der Waals surface area contributed by atoms with Crippen LogP contribution in [0.15, 0.2) is 0 Å². The Morgan fingerprint density at radius 1 is 1.08 bits per heavy atom. The fraction of sp³-hybridized carbons (Fsp3) is 1.00. The molecule has 0 aliphatic rings. The molecule has 0 bridgehead atoms. The lowest BCUT2D eigenvalue weighted by atomic mass is 10.5. The van der Waals surface area contributed by atoms with Crippen molar-refractivity contribution >= 4 is 0 Å². The molecule has 0 rings (SSSR count). The molecular formula is C6H14F3NO2. The molecule has 0 saturated heterocycles. The Labute approximate surface area is 69.4 Å². The summed E-state index contributed by atoms with van der Waals surface area (Å²) in [5.41, 5.74) is 0. The summed E-state index contributed by atoms with van der Waals surface area (Å²) in [6, 6.07) is 0. The number of aliphatic hydroxyl groups is 2. The van der Waals surface area contributed by atoms with Crippen molar-refractivity contribution in [1.29, 1.82) is 0 Å². The maximum atomic E-state index is 9.67. The van der Waals surface area contributed by atoms with Crippen molar-refractivity contribution in [2.45, 2.75) is 6.68 Å². The molecule has 0 heterocycles. The lowest BCUT2D eigenvalue weighted by molar-refractivity contribution is 0.00819. The summed E-state index contributed by atoms with van der Waals surface area (Å²) in [6.45, 7) is -2.06. The molecular weight excluding hydrogens is 175 g/mol. The lowest BCUT2D eigenvalue weighted by Crippen LogP contribution is -2.25. The second kappa shape index (κ2) is 10.7. The molecule has 0 amide bonds. The highest BCUT2D eigenvalue weighted by atomic mass is 19.4. The molecule has 0 unspecified atom stereocenters. The van der Waals surface area contributed by atoms with Gasteiger partial charge in [0, 0.05) is 13.1 Å². The summed E-state index contributed by atoms with van der Waals surface area (Å²) in [6.07, 6.45) is 0. The van der Waals surface area contributed by atoms with Crippen molar-refractivity contribution < 1.29 is 23.4 Å². The van der Waals surface area contributed by atoms with Crippen molar-refractivity contribution in [3.63, 3.8) is 0 Å². The third kappa shape index (κ3) is 22.6. The second-order valence-corrected chi connectivity index (χ2v) is 2.00. The fourth-order valence-electron chi connectivity index (χ4n) is 0.453. The van der Waals surface area contributed by atoms with Crippen LogP contribution < -0.4 is 0 Å². The molecule has 0 fully saturated rings. The molecule has 0 spiro atoms. The Hall–Kier alpha value is -0.330. The predicted molar refractivity (Wildman–Crippen MR) is 38.8 cm³/mol. The summed E-state index contributed by atoms with van der Waals surface area (Å²) in [4.78, 5) is 1.86. The Bertz CT molecular complexity index is 76.4. The molecule has 12 heavy (non-hydrogen) atoms. The van der Waals surface area contributed by atoms with Gasteiger partial charge in [0.25, 0.3) is 0 Å². The van der Waals surface area contributed by atoms with Crippen molar-refractivity contribution in [1.82, 2.24) is 4.90 Å². The lowest BCUT2D eigenvalue weighted by Gasteiger charge is -2.11. The smallest absolute Gasteiger partial charge is 0.379 e. The van der Waals surface area contributed by atoms with Gasteiger partial charge in [-0.05, 0) is 7.05 Å². The van der Waals surface area contributed by atoms with Crippen LogP contribution in [0.25, 0.3) is 0 Å². The van der Waals surface area contributed by atoms with Gasteiger partial charge in [0.1, 0.15) is 0 Å². The normalized spacial score (nSPS) is 10.0. The number of nitrogens with zero attached hydrogens (tertiary/aromatic N) is 1. The molecule has 76 valence electrons.